The minimum absolute atomic E-state index is 0.0304. The summed E-state index contributed by atoms with van der Waals surface area (Å²) in [7, 11) is 0. The third-order valence-electron chi connectivity index (χ3n) is 11.1. The van der Waals surface area contributed by atoms with Crippen LogP contribution in [-0.4, -0.2) is 69.2 Å². The lowest BCUT2D eigenvalue weighted by Gasteiger charge is -2.31. The number of nitrogens with zero attached hydrogens (tertiary/aromatic N) is 2. The number of esters is 1. The quantitative estimate of drug-likeness (QED) is 0.0546. The Labute approximate surface area is 353 Å². The first-order valence-electron chi connectivity index (χ1n) is 20.6. The van der Waals surface area contributed by atoms with Crippen LogP contribution >= 0.6 is 0 Å². The molecule has 61 heavy (non-hydrogen) atoms. The summed E-state index contributed by atoms with van der Waals surface area (Å²) < 4.78 is 12.3. The number of nitrogens with two attached hydrogens (primary N) is 1. The van der Waals surface area contributed by atoms with E-state index in [0.29, 0.717) is 46.7 Å². The Bertz CT molecular complexity index is 2410. The van der Waals surface area contributed by atoms with Crippen LogP contribution < -0.4 is 37.9 Å². The van der Waals surface area contributed by atoms with Crippen LogP contribution in [0.1, 0.15) is 88.6 Å². The second-order valence-electron chi connectivity index (χ2n) is 16.0. The summed E-state index contributed by atoms with van der Waals surface area (Å²) in [5, 5.41) is 26.2. The highest BCUT2D eigenvalue weighted by molar-refractivity contribution is 5.98. The zero-order valence-corrected chi connectivity index (χ0v) is 35.3. The summed E-state index contributed by atoms with van der Waals surface area (Å²) in [6.45, 7) is 11.6. The van der Waals surface area contributed by atoms with E-state index in [1.54, 1.807) is 54.0 Å². The first kappa shape index (κ1) is 44.2. The summed E-state index contributed by atoms with van der Waals surface area (Å²) >= 11 is 0. The number of hydrogen-bond donors (Lipinski definition) is 7. The van der Waals surface area contributed by atoms with E-state index in [1.807, 2.05) is 40.7 Å². The summed E-state index contributed by atoms with van der Waals surface area (Å²) in [6, 6.07) is 11.7. The second kappa shape index (κ2) is 18.5. The van der Waals surface area contributed by atoms with Crippen molar-refractivity contribution in [1.82, 2.24) is 25.5 Å². The van der Waals surface area contributed by atoms with E-state index in [1.165, 1.54) is 0 Å². The van der Waals surface area contributed by atoms with Crippen LogP contribution in [-0.2, 0) is 55.6 Å². The predicted molar refractivity (Wildman–Crippen MR) is 228 cm³/mol. The zero-order valence-electron chi connectivity index (χ0n) is 35.3. The number of anilines is 2. The van der Waals surface area contributed by atoms with Gasteiger partial charge in [0.05, 0.1) is 35.1 Å². The highest BCUT2D eigenvalue weighted by Gasteiger charge is 2.45. The lowest BCUT2D eigenvalue weighted by molar-refractivity contribution is -0.172. The van der Waals surface area contributed by atoms with Gasteiger partial charge >= 0.3 is 18.1 Å². The van der Waals surface area contributed by atoms with E-state index >= 15 is 0 Å². The van der Waals surface area contributed by atoms with Gasteiger partial charge in [-0.2, -0.15) is 0 Å². The molecule has 5 amide bonds. The number of rotatable bonds is 16. The number of carbonyl (C=O) groups excluding carboxylic acids is 5. The van der Waals surface area contributed by atoms with Crippen LogP contribution in [0.2, 0.25) is 0 Å². The topological polar surface area (TPSA) is 245 Å². The first-order valence-corrected chi connectivity index (χ1v) is 20.6. The van der Waals surface area contributed by atoms with Crippen LogP contribution in [0.3, 0.4) is 0 Å². The van der Waals surface area contributed by atoms with Crippen LogP contribution in [0.25, 0.3) is 22.3 Å². The Hall–Kier alpha value is -6.33. The molecule has 8 N–H and O–H groups in total. The molecule has 2 aliphatic rings. The van der Waals surface area contributed by atoms with Crippen molar-refractivity contribution in [2.45, 2.75) is 111 Å². The van der Waals surface area contributed by atoms with Crippen LogP contribution in [0.4, 0.5) is 21.0 Å². The number of ether oxygens (including phenoxy) is 2. The van der Waals surface area contributed by atoms with Gasteiger partial charge in [0, 0.05) is 40.5 Å². The highest BCUT2D eigenvalue weighted by Crippen LogP contribution is 2.40. The maximum absolute atomic E-state index is 13.7. The van der Waals surface area contributed by atoms with Crippen molar-refractivity contribution in [3.63, 3.8) is 0 Å². The zero-order chi connectivity index (χ0) is 44.2. The van der Waals surface area contributed by atoms with Gasteiger partial charge in [-0.15, -0.1) is 0 Å². The number of aryl methyl sites for hydroxylation is 1. The molecule has 0 aliphatic carbocycles. The number of amides is 5. The fourth-order valence-corrected chi connectivity index (χ4v) is 7.84. The summed E-state index contributed by atoms with van der Waals surface area (Å²) in [4.78, 5) is 81.9. The van der Waals surface area contributed by atoms with Crippen molar-refractivity contribution in [2.24, 2.45) is 11.7 Å². The number of pyridine rings is 2. The van der Waals surface area contributed by atoms with Crippen molar-refractivity contribution in [3.8, 4) is 11.4 Å². The number of urea groups is 1. The Morgan fingerprint density at radius 3 is 2.34 bits per heavy atom. The number of nitrogens with one attached hydrogen (secondary N) is 5. The number of carbonyl (C=O) groups is 5. The summed E-state index contributed by atoms with van der Waals surface area (Å²) in [5.41, 5.74) is 8.57. The highest BCUT2D eigenvalue weighted by atomic mass is 16.6. The number of hydrogen-bond acceptors (Lipinski definition) is 11. The molecular weight excluding hydrogens is 785 g/mol. The minimum Gasteiger partial charge on any atom is -0.458 e. The van der Waals surface area contributed by atoms with Gasteiger partial charge in [0.15, 0.2) is 5.60 Å². The van der Waals surface area contributed by atoms with Crippen molar-refractivity contribution in [3.05, 3.63) is 86.7 Å². The molecule has 6 rings (SSSR count). The molecule has 2 aromatic heterocycles. The Morgan fingerprint density at radius 2 is 1.69 bits per heavy atom. The normalized spacial score (nSPS) is 16.2. The predicted octanol–water partition coefficient (Wildman–Crippen LogP) is 4.29. The third-order valence-corrected chi connectivity index (χ3v) is 11.1. The Balaban J connectivity index is 1.10. The third kappa shape index (κ3) is 9.52. The van der Waals surface area contributed by atoms with Gasteiger partial charge in [-0.1, -0.05) is 53.7 Å². The molecule has 3 atom stereocenters. The fourth-order valence-electron chi connectivity index (χ4n) is 7.84. The van der Waals surface area contributed by atoms with E-state index < -0.39 is 41.7 Å². The average molecular weight is 839 g/mol. The SMILES string of the molecule is CCc1c2c(nc3ccc(NC(=O)OCc4ccc(NC(=O)[C@H](CCCNC(N)=O)NC(=O)[C@@H](NC(C)C)C(C)C)cc4)cc13)-c1cc3c(c(=O)n1C2)COC(=O)[C@]3(O)CC. The van der Waals surface area contributed by atoms with Crippen molar-refractivity contribution in [1.29, 1.82) is 0 Å². The number of benzene rings is 2. The molecular formula is C44H54N8O9. The molecule has 0 bridgehead atoms. The maximum atomic E-state index is 13.7. The van der Waals surface area contributed by atoms with Crippen LogP contribution in [0.15, 0.2) is 53.3 Å². The minimum atomic E-state index is -1.92. The van der Waals surface area contributed by atoms with E-state index in [9.17, 15) is 33.9 Å². The molecule has 0 radical (unpaired) electrons. The smallest absolute Gasteiger partial charge is 0.411 e. The first-order chi connectivity index (χ1) is 29.0. The van der Waals surface area contributed by atoms with E-state index in [4.69, 9.17) is 20.2 Å². The number of fused-ring (bicyclic) bond motifs is 5. The van der Waals surface area contributed by atoms with E-state index in [-0.39, 0.29) is 73.7 Å². The van der Waals surface area contributed by atoms with E-state index in [2.05, 4.69) is 26.6 Å². The Kier molecular flexibility index (Phi) is 13.4. The molecule has 4 aromatic rings. The molecule has 0 unspecified atom stereocenters. The van der Waals surface area contributed by atoms with Crippen LogP contribution in [0, 0.1) is 5.92 Å². The van der Waals surface area contributed by atoms with Gasteiger partial charge in [-0.3, -0.25) is 19.7 Å². The molecule has 0 saturated heterocycles. The fraction of sp³-hybridized carbons (Fsp3) is 0.432. The van der Waals surface area contributed by atoms with Gasteiger partial charge in [-0.25, -0.2) is 19.4 Å². The van der Waals surface area contributed by atoms with Gasteiger partial charge in [0.25, 0.3) is 5.56 Å². The molecule has 0 spiro atoms. The number of aliphatic hydroxyl groups is 1. The second-order valence-corrected chi connectivity index (χ2v) is 16.0. The largest absolute Gasteiger partial charge is 0.458 e. The van der Waals surface area contributed by atoms with Crippen molar-refractivity contribution < 1.29 is 38.6 Å². The van der Waals surface area contributed by atoms with Gasteiger partial charge in [0.1, 0.15) is 19.3 Å². The maximum Gasteiger partial charge on any atom is 0.411 e. The molecule has 17 nitrogen and oxygen atoms in total. The molecule has 0 fully saturated rings. The molecule has 2 aliphatic heterocycles. The van der Waals surface area contributed by atoms with Gasteiger partial charge in [0.2, 0.25) is 11.8 Å². The average Bonchev–Trinajstić information content (AvgIpc) is 3.59. The van der Waals surface area contributed by atoms with Crippen molar-refractivity contribution >= 4 is 52.2 Å². The monoisotopic (exact) mass is 838 g/mol. The molecule has 2 aromatic carbocycles. The summed E-state index contributed by atoms with van der Waals surface area (Å²) in [5.74, 6) is -1.55. The number of cyclic esters (lactones) is 1. The molecule has 324 valence electrons. The lowest BCUT2D eigenvalue weighted by Crippen LogP contribution is -2.54. The Morgan fingerprint density at radius 1 is 0.967 bits per heavy atom. The lowest BCUT2D eigenvalue weighted by atomic mass is 9.86. The van der Waals surface area contributed by atoms with Crippen molar-refractivity contribution in [2.75, 3.05) is 17.2 Å². The van der Waals surface area contributed by atoms with Gasteiger partial charge < -0.3 is 46.1 Å². The van der Waals surface area contributed by atoms with E-state index in [0.717, 1.165) is 16.5 Å². The number of aromatic nitrogens is 2. The van der Waals surface area contributed by atoms with Gasteiger partial charge in [-0.05, 0) is 79.1 Å². The molecule has 17 heteroatoms. The number of primary amides is 1. The standard InChI is InChI=1S/C44H54N8O9/c1-7-28-29-18-27(15-16-33(29)50-37-30(28)20-52-35(37)19-32-31(40(52)55)22-60-41(56)44(32,59)8-2)49-43(58)61-21-25-11-13-26(14-12-25)48-38(53)34(10-9-17-46-42(45)57)51-39(54)36(23(3)4)47-24(5)6/h11-16,18-19,23-24,34,36,47,59H,7-10,17,20-22H2,1-6H3,(H,48,53)(H,49,58)(H,51,54)(H3,45,46,57)/t34-,36-,44-/m0/s1. The molecule has 4 heterocycles. The summed E-state index contributed by atoms with van der Waals surface area (Å²) in [6.07, 6.45) is 0.611. The molecule has 0 saturated carbocycles. The van der Waals surface area contributed by atoms with Crippen LogP contribution in [0.5, 0.6) is 0 Å².